The summed E-state index contributed by atoms with van der Waals surface area (Å²) in [5, 5.41) is 6.66. The van der Waals surface area contributed by atoms with Gasteiger partial charge in [-0.1, -0.05) is 12.1 Å². The molecule has 0 radical (unpaired) electrons. The van der Waals surface area contributed by atoms with E-state index in [0.717, 1.165) is 63.9 Å². The van der Waals surface area contributed by atoms with Gasteiger partial charge >= 0.3 is 0 Å². The van der Waals surface area contributed by atoms with Crippen LogP contribution in [0.25, 0.3) is 0 Å². The fraction of sp³-hybridized carbons (Fsp3) is 0.667. The Morgan fingerprint density at radius 3 is 2.52 bits per heavy atom. The van der Waals surface area contributed by atoms with Gasteiger partial charge in [-0.25, -0.2) is 4.39 Å². The van der Waals surface area contributed by atoms with Gasteiger partial charge in [0.1, 0.15) is 5.82 Å². The molecule has 8 heteroatoms. The summed E-state index contributed by atoms with van der Waals surface area (Å²) in [4.78, 5) is 7.16. The number of hydrogen-bond donors (Lipinski definition) is 2. The van der Waals surface area contributed by atoms with Crippen molar-refractivity contribution in [1.29, 1.82) is 0 Å². The summed E-state index contributed by atoms with van der Waals surface area (Å²) in [6, 6.07) is 6.85. The van der Waals surface area contributed by atoms with Crippen LogP contribution in [0, 0.1) is 5.82 Å². The first-order valence-corrected chi connectivity index (χ1v) is 10.3. The van der Waals surface area contributed by atoms with Crippen LogP contribution in [0.4, 0.5) is 4.39 Å². The Balaban J connectivity index is 0.00000420. The highest BCUT2D eigenvalue weighted by molar-refractivity contribution is 14.0. The predicted octanol–water partition coefficient (Wildman–Crippen LogP) is 3.19. The third-order valence-corrected chi connectivity index (χ3v) is 4.57. The molecule has 0 aliphatic carbocycles. The number of nitrogens with one attached hydrogen (secondary N) is 2. The van der Waals surface area contributed by atoms with E-state index in [1.165, 1.54) is 12.1 Å². The average molecular weight is 522 g/mol. The van der Waals surface area contributed by atoms with E-state index in [4.69, 9.17) is 14.5 Å². The monoisotopic (exact) mass is 522 g/mol. The molecular weight excluding hydrogens is 486 g/mol. The number of morpholine rings is 1. The van der Waals surface area contributed by atoms with Crippen LogP contribution in [0.15, 0.2) is 29.3 Å². The molecule has 0 amide bonds. The highest BCUT2D eigenvalue weighted by Gasteiger charge is 2.22. The van der Waals surface area contributed by atoms with Gasteiger partial charge in [0.25, 0.3) is 0 Å². The van der Waals surface area contributed by atoms with E-state index in [1.807, 2.05) is 26.0 Å². The first kappa shape index (κ1) is 26.1. The normalized spacial score (nSPS) is 16.4. The van der Waals surface area contributed by atoms with Gasteiger partial charge in [-0.05, 0) is 44.9 Å². The van der Waals surface area contributed by atoms with Crippen LogP contribution >= 0.6 is 24.0 Å². The van der Waals surface area contributed by atoms with Crippen LogP contribution in [-0.2, 0) is 9.47 Å². The summed E-state index contributed by atoms with van der Waals surface area (Å²) < 4.78 is 24.4. The van der Waals surface area contributed by atoms with Crippen LogP contribution in [0.5, 0.6) is 0 Å². The number of rotatable bonds is 10. The number of nitrogens with zero attached hydrogens (tertiary/aromatic N) is 2. The Bertz CT molecular complexity index is 581. The van der Waals surface area contributed by atoms with E-state index in [1.54, 1.807) is 0 Å². The van der Waals surface area contributed by atoms with Gasteiger partial charge in [-0.2, -0.15) is 0 Å². The van der Waals surface area contributed by atoms with Crippen LogP contribution in [0.2, 0.25) is 0 Å². The second-order valence-corrected chi connectivity index (χ2v) is 7.14. The van der Waals surface area contributed by atoms with E-state index < -0.39 is 0 Å². The molecule has 6 nitrogen and oxygen atoms in total. The molecule has 0 aromatic heterocycles. The van der Waals surface area contributed by atoms with Gasteiger partial charge in [0, 0.05) is 32.8 Å². The molecule has 166 valence electrons. The fourth-order valence-electron chi connectivity index (χ4n) is 3.12. The first-order chi connectivity index (χ1) is 13.6. The molecule has 0 saturated carbocycles. The molecule has 1 saturated heterocycles. The van der Waals surface area contributed by atoms with Gasteiger partial charge in [0.2, 0.25) is 0 Å². The molecule has 0 bridgehead atoms. The molecule has 1 heterocycles. The van der Waals surface area contributed by atoms with Crippen LogP contribution in [0.1, 0.15) is 38.8 Å². The quantitative estimate of drug-likeness (QED) is 0.214. The summed E-state index contributed by atoms with van der Waals surface area (Å²) in [6.45, 7) is 12.2. The van der Waals surface area contributed by atoms with Crippen LogP contribution in [0.3, 0.4) is 0 Å². The molecule has 29 heavy (non-hydrogen) atoms. The van der Waals surface area contributed by atoms with Crippen molar-refractivity contribution in [3.05, 3.63) is 35.6 Å². The summed E-state index contributed by atoms with van der Waals surface area (Å²) in [7, 11) is 0. The SMILES string of the molecule is CCNC(=NCC(c1ccc(F)cc1)N1CCOCC1)NCCCOC(C)C.I. The molecule has 1 aliphatic heterocycles. The molecule has 1 aliphatic rings. The summed E-state index contributed by atoms with van der Waals surface area (Å²) in [6.07, 6.45) is 1.18. The number of aliphatic imine (C=N–C) groups is 1. The molecule has 1 atom stereocenters. The van der Waals surface area contributed by atoms with Gasteiger partial charge in [-0.15, -0.1) is 24.0 Å². The molecule has 1 unspecified atom stereocenters. The lowest BCUT2D eigenvalue weighted by atomic mass is 10.0. The zero-order chi connectivity index (χ0) is 20.2. The highest BCUT2D eigenvalue weighted by Crippen LogP contribution is 2.22. The van der Waals surface area contributed by atoms with Crippen molar-refractivity contribution < 1.29 is 13.9 Å². The molecule has 2 rings (SSSR count). The maximum absolute atomic E-state index is 13.4. The number of guanidine groups is 1. The van der Waals surface area contributed by atoms with Crippen molar-refractivity contribution in [1.82, 2.24) is 15.5 Å². The summed E-state index contributed by atoms with van der Waals surface area (Å²) >= 11 is 0. The van der Waals surface area contributed by atoms with Crippen molar-refractivity contribution in [3.63, 3.8) is 0 Å². The minimum atomic E-state index is -0.216. The second kappa shape index (κ2) is 14.9. The standard InChI is InChI=1S/C21H35FN4O2.HI/c1-4-23-21(24-10-5-13-28-17(2)3)25-16-20(26-11-14-27-15-12-26)18-6-8-19(22)9-7-18;/h6-9,17,20H,4-5,10-16H2,1-3H3,(H2,23,24,25);1H. The van der Waals surface area contributed by atoms with Gasteiger partial charge in [-0.3, -0.25) is 9.89 Å². The zero-order valence-corrected chi connectivity index (χ0v) is 20.2. The van der Waals surface area contributed by atoms with Crippen molar-refractivity contribution in [2.24, 2.45) is 4.99 Å². The first-order valence-electron chi connectivity index (χ1n) is 10.3. The maximum Gasteiger partial charge on any atom is 0.191 e. The third kappa shape index (κ3) is 10.1. The second-order valence-electron chi connectivity index (χ2n) is 7.14. The minimum absolute atomic E-state index is 0. The fourth-order valence-corrected chi connectivity index (χ4v) is 3.12. The van der Waals surface area contributed by atoms with Crippen LogP contribution < -0.4 is 10.6 Å². The van der Waals surface area contributed by atoms with E-state index in [0.29, 0.717) is 6.54 Å². The van der Waals surface area contributed by atoms with Crippen molar-refractivity contribution in [2.45, 2.75) is 39.3 Å². The Kier molecular flexibility index (Phi) is 13.4. The van der Waals surface area contributed by atoms with E-state index in [-0.39, 0.29) is 41.9 Å². The maximum atomic E-state index is 13.4. The van der Waals surface area contributed by atoms with Gasteiger partial charge in [0.05, 0.1) is 31.9 Å². The largest absolute Gasteiger partial charge is 0.379 e. The summed E-state index contributed by atoms with van der Waals surface area (Å²) in [5.41, 5.74) is 1.08. The zero-order valence-electron chi connectivity index (χ0n) is 17.8. The number of ether oxygens (including phenoxy) is 2. The van der Waals surface area contributed by atoms with Crippen molar-refractivity contribution >= 4 is 29.9 Å². The van der Waals surface area contributed by atoms with E-state index >= 15 is 0 Å². The topological polar surface area (TPSA) is 58.1 Å². The molecule has 1 aromatic carbocycles. The minimum Gasteiger partial charge on any atom is -0.379 e. The predicted molar refractivity (Wildman–Crippen MR) is 127 cm³/mol. The molecule has 0 spiro atoms. The third-order valence-electron chi connectivity index (χ3n) is 4.57. The van der Waals surface area contributed by atoms with Gasteiger partial charge < -0.3 is 20.1 Å². The molecule has 1 aromatic rings. The number of halogens is 2. The van der Waals surface area contributed by atoms with E-state index in [9.17, 15) is 4.39 Å². The van der Waals surface area contributed by atoms with E-state index in [2.05, 4.69) is 22.5 Å². The number of benzene rings is 1. The highest BCUT2D eigenvalue weighted by atomic mass is 127. The average Bonchev–Trinajstić information content (AvgIpc) is 2.69. The lowest BCUT2D eigenvalue weighted by Gasteiger charge is -2.34. The smallest absolute Gasteiger partial charge is 0.191 e. The number of hydrogen-bond acceptors (Lipinski definition) is 4. The molecule has 1 fully saturated rings. The summed E-state index contributed by atoms with van der Waals surface area (Å²) in [5.74, 6) is 0.582. The molecule has 2 N–H and O–H groups in total. The Morgan fingerprint density at radius 1 is 1.21 bits per heavy atom. The molecular formula is C21H36FIN4O2. The van der Waals surface area contributed by atoms with Crippen molar-refractivity contribution in [3.8, 4) is 0 Å². The van der Waals surface area contributed by atoms with Crippen LogP contribution in [-0.4, -0.2) is 69.5 Å². The van der Waals surface area contributed by atoms with Gasteiger partial charge in [0.15, 0.2) is 5.96 Å². The van der Waals surface area contributed by atoms with Crippen molar-refractivity contribution in [2.75, 3.05) is 52.5 Å². The Hall–Kier alpha value is -0.970. The lowest BCUT2D eigenvalue weighted by molar-refractivity contribution is 0.0179. The lowest BCUT2D eigenvalue weighted by Crippen LogP contribution is -2.42. The Labute approximate surface area is 191 Å². The Morgan fingerprint density at radius 2 is 1.90 bits per heavy atom.